The van der Waals surface area contributed by atoms with Crippen LogP contribution in [0.4, 0.5) is 5.69 Å². The topological polar surface area (TPSA) is 80.1 Å². The maximum atomic E-state index is 13.0. The van der Waals surface area contributed by atoms with Gasteiger partial charge in [-0.25, -0.2) is 9.67 Å². The molecular weight excluding hydrogens is 402 g/mol. The first-order valence-corrected chi connectivity index (χ1v) is 10.3. The molecule has 0 spiro atoms. The van der Waals surface area contributed by atoms with Crippen molar-refractivity contribution in [2.45, 2.75) is 25.8 Å². The van der Waals surface area contributed by atoms with Crippen LogP contribution in [0.5, 0.6) is 0 Å². The minimum Gasteiger partial charge on any atom is -0.339 e. The van der Waals surface area contributed by atoms with Crippen molar-refractivity contribution >= 4 is 29.1 Å². The van der Waals surface area contributed by atoms with E-state index >= 15 is 0 Å². The second-order valence-corrected chi connectivity index (χ2v) is 7.72. The highest BCUT2D eigenvalue weighted by atomic mass is 35.5. The van der Waals surface area contributed by atoms with Crippen molar-refractivity contribution in [3.05, 3.63) is 76.8 Å². The Labute approximate surface area is 179 Å². The maximum Gasteiger partial charge on any atom is 0.255 e. The van der Waals surface area contributed by atoms with E-state index in [0.29, 0.717) is 28.4 Å². The number of nitrogens with one attached hydrogen (secondary N) is 1. The van der Waals surface area contributed by atoms with Gasteiger partial charge in [0, 0.05) is 23.7 Å². The smallest absolute Gasteiger partial charge is 0.255 e. The normalized spacial score (nSPS) is 13.8. The molecule has 1 aromatic heterocycles. The van der Waals surface area contributed by atoms with Gasteiger partial charge in [-0.2, -0.15) is 5.10 Å². The molecule has 154 valence electrons. The summed E-state index contributed by atoms with van der Waals surface area (Å²) in [7, 11) is 0. The monoisotopic (exact) mass is 423 g/mol. The lowest BCUT2D eigenvalue weighted by molar-refractivity contribution is 0.0725. The van der Waals surface area contributed by atoms with Gasteiger partial charge in [-0.15, -0.1) is 0 Å². The number of carbonyl (C=O) groups excluding carboxylic acids is 2. The summed E-state index contributed by atoms with van der Waals surface area (Å²) < 4.78 is 1.71. The molecule has 8 heteroatoms. The highest BCUT2D eigenvalue weighted by Gasteiger charge is 2.22. The fourth-order valence-electron chi connectivity index (χ4n) is 3.53. The summed E-state index contributed by atoms with van der Waals surface area (Å²) in [6.07, 6.45) is 6.26. The Hall–Kier alpha value is -3.19. The van der Waals surface area contributed by atoms with Gasteiger partial charge < -0.3 is 10.2 Å². The Kier molecular flexibility index (Phi) is 6.09. The minimum atomic E-state index is -0.294. The van der Waals surface area contributed by atoms with Crippen LogP contribution in [0.3, 0.4) is 0 Å². The first-order valence-electron chi connectivity index (χ1n) is 9.92. The SMILES string of the molecule is O=C(Nc1cc(Cl)ccc1C(=O)N1CCCCC1)c1ccc(Cn2cncn2)cc1. The van der Waals surface area contributed by atoms with Crippen LogP contribution in [0.2, 0.25) is 5.02 Å². The summed E-state index contributed by atoms with van der Waals surface area (Å²) in [6, 6.07) is 12.2. The van der Waals surface area contributed by atoms with E-state index < -0.39 is 0 Å². The van der Waals surface area contributed by atoms with Gasteiger partial charge in [0.15, 0.2) is 0 Å². The van der Waals surface area contributed by atoms with Gasteiger partial charge in [0.25, 0.3) is 11.8 Å². The molecule has 0 saturated carbocycles. The van der Waals surface area contributed by atoms with E-state index in [2.05, 4.69) is 15.4 Å². The van der Waals surface area contributed by atoms with Crippen molar-refractivity contribution in [1.82, 2.24) is 19.7 Å². The summed E-state index contributed by atoms with van der Waals surface area (Å²) in [4.78, 5) is 31.5. The molecule has 0 aliphatic carbocycles. The second kappa shape index (κ2) is 9.09. The van der Waals surface area contributed by atoms with E-state index in [-0.39, 0.29) is 11.8 Å². The quantitative estimate of drug-likeness (QED) is 0.675. The number of rotatable bonds is 5. The lowest BCUT2D eigenvalue weighted by atomic mass is 10.1. The zero-order valence-electron chi connectivity index (χ0n) is 16.4. The highest BCUT2D eigenvalue weighted by molar-refractivity contribution is 6.31. The summed E-state index contributed by atoms with van der Waals surface area (Å²) >= 11 is 6.14. The van der Waals surface area contributed by atoms with Crippen LogP contribution in [0.1, 0.15) is 45.5 Å². The number of piperidine rings is 1. The van der Waals surface area contributed by atoms with Crippen molar-refractivity contribution in [3.63, 3.8) is 0 Å². The van der Waals surface area contributed by atoms with Crippen molar-refractivity contribution < 1.29 is 9.59 Å². The Morgan fingerprint density at radius 2 is 1.80 bits per heavy atom. The molecule has 4 rings (SSSR count). The molecule has 3 aromatic rings. The molecule has 1 aliphatic heterocycles. The van der Waals surface area contributed by atoms with Gasteiger partial charge in [0.05, 0.1) is 17.8 Å². The number of nitrogens with zero attached hydrogens (tertiary/aromatic N) is 4. The molecule has 0 unspecified atom stereocenters. The van der Waals surface area contributed by atoms with Crippen LogP contribution < -0.4 is 5.32 Å². The molecule has 1 N–H and O–H groups in total. The number of hydrogen-bond donors (Lipinski definition) is 1. The minimum absolute atomic E-state index is 0.0788. The number of benzene rings is 2. The first-order chi connectivity index (χ1) is 14.6. The molecule has 0 atom stereocenters. The Morgan fingerprint density at radius 3 is 2.50 bits per heavy atom. The van der Waals surface area contributed by atoms with E-state index in [1.54, 1.807) is 41.3 Å². The number of carbonyl (C=O) groups is 2. The standard InChI is InChI=1S/C22H22ClN5O2/c23-18-8-9-19(22(30)27-10-2-1-3-11-27)20(12-18)26-21(29)17-6-4-16(5-7-17)13-28-15-24-14-25-28/h4-9,12,14-15H,1-3,10-11,13H2,(H,26,29). The lowest BCUT2D eigenvalue weighted by Gasteiger charge is -2.27. The Bertz CT molecular complexity index is 1030. The largest absolute Gasteiger partial charge is 0.339 e. The Morgan fingerprint density at radius 1 is 1.03 bits per heavy atom. The number of aromatic nitrogens is 3. The van der Waals surface area contributed by atoms with E-state index in [0.717, 1.165) is 37.9 Å². The third-order valence-corrected chi connectivity index (χ3v) is 5.37. The summed E-state index contributed by atoms with van der Waals surface area (Å²) in [5, 5.41) is 7.39. The lowest BCUT2D eigenvalue weighted by Crippen LogP contribution is -2.36. The number of amides is 2. The zero-order chi connectivity index (χ0) is 20.9. The van der Waals surface area contributed by atoms with Crippen LogP contribution in [-0.4, -0.2) is 44.6 Å². The van der Waals surface area contributed by atoms with Crippen LogP contribution in [0.25, 0.3) is 0 Å². The number of likely N-dealkylation sites (tertiary alicyclic amines) is 1. The van der Waals surface area contributed by atoms with Gasteiger partial charge in [0.1, 0.15) is 12.7 Å². The molecule has 0 bridgehead atoms. The molecule has 1 aliphatic rings. The van der Waals surface area contributed by atoms with Crippen LogP contribution in [-0.2, 0) is 6.54 Å². The molecular formula is C22H22ClN5O2. The van der Waals surface area contributed by atoms with E-state index in [1.807, 2.05) is 17.0 Å². The van der Waals surface area contributed by atoms with Crippen molar-refractivity contribution in [2.24, 2.45) is 0 Å². The molecule has 2 heterocycles. The molecule has 2 amide bonds. The average molecular weight is 424 g/mol. The fraction of sp³-hybridized carbons (Fsp3) is 0.273. The maximum absolute atomic E-state index is 13.0. The average Bonchev–Trinajstić information content (AvgIpc) is 3.27. The molecule has 1 saturated heterocycles. The van der Waals surface area contributed by atoms with Crippen LogP contribution >= 0.6 is 11.6 Å². The van der Waals surface area contributed by atoms with Crippen molar-refractivity contribution in [3.8, 4) is 0 Å². The van der Waals surface area contributed by atoms with Gasteiger partial charge in [-0.1, -0.05) is 23.7 Å². The van der Waals surface area contributed by atoms with Crippen LogP contribution in [0, 0.1) is 0 Å². The Balaban J connectivity index is 1.49. The summed E-state index contributed by atoms with van der Waals surface area (Å²) in [5.41, 5.74) is 2.38. The van der Waals surface area contributed by atoms with E-state index in [9.17, 15) is 9.59 Å². The predicted octanol–water partition coefficient (Wildman–Crippen LogP) is 3.86. The van der Waals surface area contributed by atoms with E-state index in [1.165, 1.54) is 6.33 Å². The van der Waals surface area contributed by atoms with Gasteiger partial charge in [-0.3, -0.25) is 9.59 Å². The number of halogens is 1. The molecule has 30 heavy (non-hydrogen) atoms. The van der Waals surface area contributed by atoms with Gasteiger partial charge in [0.2, 0.25) is 0 Å². The summed E-state index contributed by atoms with van der Waals surface area (Å²) in [6.45, 7) is 2.05. The molecule has 7 nitrogen and oxygen atoms in total. The predicted molar refractivity (Wildman–Crippen MR) is 115 cm³/mol. The van der Waals surface area contributed by atoms with Crippen LogP contribution in [0.15, 0.2) is 55.1 Å². The first kappa shape index (κ1) is 20.1. The van der Waals surface area contributed by atoms with Crippen molar-refractivity contribution in [2.75, 3.05) is 18.4 Å². The van der Waals surface area contributed by atoms with Crippen molar-refractivity contribution in [1.29, 1.82) is 0 Å². The van der Waals surface area contributed by atoms with Gasteiger partial charge >= 0.3 is 0 Å². The summed E-state index contributed by atoms with van der Waals surface area (Å²) in [5.74, 6) is -0.373. The van der Waals surface area contributed by atoms with E-state index in [4.69, 9.17) is 11.6 Å². The highest BCUT2D eigenvalue weighted by Crippen LogP contribution is 2.25. The third-order valence-electron chi connectivity index (χ3n) is 5.13. The molecule has 1 fully saturated rings. The number of hydrogen-bond acceptors (Lipinski definition) is 4. The third kappa shape index (κ3) is 4.68. The fourth-order valence-corrected chi connectivity index (χ4v) is 3.70. The zero-order valence-corrected chi connectivity index (χ0v) is 17.2. The molecule has 0 radical (unpaired) electrons. The second-order valence-electron chi connectivity index (χ2n) is 7.29. The van der Waals surface area contributed by atoms with Gasteiger partial charge in [-0.05, 0) is 55.2 Å². The molecule has 2 aromatic carbocycles. The number of anilines is 1.